The van der Waals surface area contributed by atoms with Gasteiger partial charge in [0.25, 0.3) is 5.69 Å². The fourth-order valence-electron chi connectivity index (χ4n) is 2.60. The lowest BCUT2D eigenvalue weighted by Crippen LogP contribution is -1.92. The van der Waals surface area contributed by atoms with Gasteiger partial charge in [0.15, 0.2) is 11.5 Å². The molecular formula is C20H15N3O4S. The molecule has 0 unspecified atom stereocenters. The Morgan fingerprint density at radius 1 is 1.21 bits per heavy atom. The molecular weight excluding hydrogens is 378 g/mol. The quantitative estimate of drug-likeness (QED) is 0.339. The molecule has 1 heterocycles. The number of nitro benzene ring substituents is 1. The third-order valence-electron chi connectivity index (χ3n) is 3.97. The summed E-state index contributed by atoms with van der Waals surface area (Å²) in [6, 6.07) is 13.8. The summed E-state index contributed by atoms with van der Waals surface area (Å²) in [7, 11) is 3.11. The Hall–Kier alpha value is -3.70. The topological polar surface area (TPSA) is 98.3 Å². The molecule has 0 bridgehead atoms. The van der Waals surface area contributed by atoms with E-state index in [0.717, 1.165) is 5.56 Å². The van der Waals surface area contributed by atoms with Gasteiger partial charge in [-0.05, 0) is 30.3 Å². The van der Waals surface area contributed by atoms with E-state index < -0.39 is 4.92 Å². The standard InChI is InChI=1S/C20H15N3O4S/c1-26-18-8-7-13(10-19(18)27-2)16-12-28-20(22-16)15(11-21)9-14-5-3-4-6-17(14)23(24)25/h3-10,12H,1-2H3/b15-9+. The zero-order valence-corrected chi connectivity index (χ0v) is 15.9. The van der Waals surface area contributed by atoms with E-state index in [1.54, 1.807) is 44.6 Å². The number of aromatic nitrogens is 1. The van der Waals surface area contributed by atoms with Crippen LogP contribution in [0.25, 0.3) is 22.9 Å². The van der Waals surface area contributed by atoms with Gasteiger partial charge in [-0.25, -0.2) is 4.98 Å². The van der Waals surface area contributed by atoms with E-state index in [1.807, 2.05) is 11.4 Å². The molecule has 0 saturated carbocycles. The van der Waals surface area contributed by atoms with Crippen molar-refractivity contribution in [1.82, 2.24) is 4.98 Å². The Bertz CT molecular complexity index is 1100. The molecule has 0 amide bonds. The second kappa shape index (κ2) is 8.33. The number of thiazole rings is 1. The summed E-state index contributed by atoms with van der Waals surface area (Å²) in [4.78, 5) is 15.2. The SMILES string of the molecule is COc1ccc(-c2csc(/C(C#N)=C/c3ccccc3[N+](=O)[O-])n2)cc1OC. The molecule has 0 N–H and O–H groups in total. The summed E-state index contributed by atoms with van der Waals surface area (Å²) in [5.74, 6) is 1.18. The maximum atomic E-state index is 11.2. The van der Waals surface area contributed by atoms with Crippen LogP contribution >= 0.6 is 11.3 Å². The highest BCUT2D eigenvalue weighted by Crippen LogP contribution is 2.34. The Morgan fingerprint density at radius 2 is 1.96 bits per heavy atom. The van der Waals surface area contributed by atoms with Crippen LogP contribution in [0.4, 0.5) is 5.69 Å². The molecule has 3 aromatic rings. The summed E-state index contributed by atoms with van der Waals surface area (Å²) < 4.78 is 10.5. The van der Waals surface area contributed by atoms with Crippen LogP contribution in [0.1, 0.15) is 10.6 Å². The molecule has 0 radical (unpaired) electrons. The number of nitriles is 1. The van der Waals surface area contributed by atoms with Crippen molar-refractivity contribution in [2.75, 3.05) is 14.2 Å². The fraction of sp³-hybridized carbons (Fsp3) is 0.100. The molecule has 3 rings (SSSR count). The number of methoxy groups -OCH3 is 2. The minimum absolute atomic E-state index is 0.0630. The molecule has 0 atom stereocenters. The molecule has 140 valence electrons. The number of para-hydroxylation sites is 1. The second-order valence-electron chi connectivity index (χ2n) is 5.59. The number of benzene rings is 2. The van der Waals surface area contributed by atoms with Gasteiger partial charge >= 0.3 is 0 Å². The van der Waals surface area contributed by atoms with Crippen LogP contribution in [0, 0.1) is 21.4 Å². The van der Waals surface area contributed by atoms with Gasteiger partial charge in [-0.15, -0.1) is 11.3 Å². The Balaban J connectivity index is 1.99. The Labute approximate surface area is 165 Å². The zero-order valence-electron chi connectivity index (χ0n) is 15.1. The normalized spacial score (nSPS) is 11.0. The predicted molar refractivity (Wildman–Crippen MR) is 107 cm³/mol. The van der Waals surface area contributed by atoms with E-state index in [1.165, 1.54) is 23.5 Å². The number of hydrogen-bond acceptors (Lipinski definition) is 7. The van der Waals surface area contributed by atoms with Crippen LogP contribution in [0.5, 0.6) is 11.5 Å². The van der Waals surface area contributed by atoms with E-state index >= 15 is 0 Å². The van der Waals surface area contributed by atoms with Crippen molar-refractivity contribution in [2.24, 2.45) is 0 Å². The molecule has 0 fully saturated rings. The molecule has 0 aliphatic heterocycles. The van der Waals surface area contributed by atoms with Crippen molar-refractivity contribution >= 4 is 28.7 Å². The molecule has 0 saturated heterocycles. The fourth-order valence-corrected chi connectivity index (χ4v) is 3.39. The Kier molecular flexibility index (Phi) is 5.67. The number of ether oxygens (including phenoxy) is 2. The molecule has 7 nitrogen and oxygen atoms in total. The average molecular weight is 393 g/mol. The first-order valence-corrected chi connectivity index (χ1v) is 8.99. The van der Waals surface area contributed by atoms with Gasteiger partial charge in [0.1, 0.15) is 11.1 Å². The summed E-state index contributed by atoms with van der Waals surface area (Å²) >= 11 is 1.29. The minimum Gasteiger partial charge on any atom is -0.493 e. The highest BCUT2D eigenvalue weighted by molar-refractivity contribution is 7.11. The largest absolute Gasteiger partial charge is 0.493 e. The first-order valence-electron chi connectivity index (χ1n) is 8.11. The van der Waals surface area contributed by atoms with Gasteiger partial charge in [0.2, 0.25) is 0 Å². The van der Waals surface area contributed by atoms with Crippen molar-refractivity contribution in [2.45, 2.75) is 0 Å². The van der Waals surface area contributed by atoms with Crippen molar-refractivity contribution in [1.29, 1.82) is 5.26 Å². The maximum absolute atomic E-state index is 11.2. The maximum Gasteiger partial charge on any atom is 0.276 e. The lowest BCUT2D eigenvalue weighted by atomic mass is 10.1. The highest BCUT2D eigenvalue weighted by atomic mass is 32.1. The van der Waals surface area contributed by atoms with Crippen LogP contribution < -0.4 is 9.47 Å². The lowest BCUT2D eigenvalue weighted by Gasteiger charge is -2.08. The molecule has 2 aromatic carbocycles. The first kappa shape index (κ1) is 19.1. The molecule has 1 aromatic heterocycles. The molecule has 28 heavy (non-hydrogen) atoms. The van der Waals surface area contributed by atoms with E-state index in [0.29, 0.717) is 27.8 Å². The van der Waals surface area contributed by atoms with Gasteiger partial charge in [-0.3, -0.25) is 10.1 Å². The van der Waals surface area contributed by atoms with Gasteiger partial charge in [0, 0.05) is 17.0 Å². The Morgan fingerprint density at radius 3 is 2.64 bits per heavy atom. The van der Waals surface area contributed by atoms with Gasteiger partial charge in [-0.1, -0.05) is 12.1 Å². The van der Waals surface area contributed by atoms with Crippen LogP contribution in [-0.2, 0) is 0 Å². The van der Waals surface area contributed by atoms with E-state index in [-0.39, 0.29) is 11.3 Å². The molecule has 0 spiro atoms. The van der Waals surface area contributed by atoms with Crippen molar-refractivity contribution in [3.63, 3.8) is 0 Å². The third-order valence-corrected chi connectivity index (χ3v) is 4.84. The van der Waals surface area contributed by atoms with Crippen LogP contribution in [0.15, 0.2) is 47.8 Å². The molecule has 0 aliphatic rings. The van der Waals surface area contributed by atoms with Crippen molar-refractivity contribution in [3.8, 4) is 28.8 Å². The monoisotopic (exact) mass is 393 g/mol. The zero-order chi connectivity index (χ0) is 20.1. The van der Waals surface area contributed by atoms with Crippen molar-refractivity contribution < 1.29 is 14.4 Å². The number of allylic oxidation sites excluding steroid dienone is 1. The predicted octanol–water partition coefficient (Wildman–Crippen LogP) is 4.80. The minimum atomic E-state index is -0.474. The highest BCUT2D eigenvalue weighted by Gasteiger charge is 2.15. The van der Waals surface area contributed by atoms with E-state index in [9.17, 15) is 15.4 Å². The van der Waals surface area contributed by atoms with Crippen LogP contribution in [0.3, 0.4) is 0 Å². The number of nitro groups is 1. The summed E-state index contributed by atoms with van der Waals surface area (Å²) in [5.41, 5.74) is 2.03. The van der Waals surface area contributed by atoms with E-state index in [4.69, 9.17) is 9.47 Å². The molecule has 0 aliphatic carbocycles. The van der Waals surface area contributed by atoms with Crippen molar-refractivity contribution in [3.05, 3.63) is 68.5 Å². The summed E-state index contributed by atoms with van der Waals surface area (Å²) in [5, 5.41) is 23.0. The summed E-state index contributed by atoms with van der Waals surface area (Å²) in [6.45, 7) is 0. The average Bonchev–Trinajstić information content (AvgIpc) is 3.21. The van der Waals surface area contributed by atoms with Gasteiger partial charge in [-0.2, -0.15) is 5.26 Å². The summed E-state index contributed by atoms with van der Waals surface area (Å²) in [6.07, 6.45) is 1.48. The third kappa shape index (κ3) is 3.84. The number of hydrogen-bond donors (Lipinski definition) is 0. The van der Waals surface area contributed by atoms with Crippen LogP contribution in [-0.4, -0.2) is 24.1 Å². The smallest absolute Gasteiger partial charge is 0.276 e. The van der Waals surface area contributed by atoms with Crippen LogP contribution in [0.2, 0.25) is 0 Å². The molecule has 8 heteroatoms. The van der Waals surface area contributed by atoms with Gasteiger partial charge in [0.05, 0.1) is 36.0 Å². The lowest BCUT2D eigenvalue weighted by molar-refractivity contribution is -0.385. The number of rotatable bonds is 6. The van der Waals surface area contributed by atoms with Gasteiger partial charge < -0.3 is 9.47 Å². The van der Waals surface area contributed by atoms with E-state index in [2.05, 4.69) is 11.1 Å². The second-order valence-corrected chi connectivity index (χ2v) is 6.45. The first-order chi connectivity index (χ1) is 13.6. The number of nitrogens with zero attached hydrogens (tertiary/aromatic N) is 3.